The van der Waals surface area contributed by atoms with Crippen LogP contribution < -0.4 is 5.32 Å². The Kier molecular flexibility index (Phi) is 4.00. The summed E-state index contributed by atoms with van der Waals surface area (Å²) in [5, 5.41) is 2.78. The van der Waals surface area contributed by atoms with Crippen LogP contribution in [0.3, 0.4) is 0 Å². The monoisotopic (exact) mass is 249 g/mol. The van der Waals surface area contributed by atoms with Crippen molar-refractivity contribution in [2.45, 2.75) is 6.92 Å². The number of nitrogens with one attached hydrogen (secondary N) is 1. The predicted octanol–water partition coefficient (Wildman–Crippen LogP) is 3.08. The van der Waals surface area contributed by atoms with E-state index in [4.69, 9.17) is 6.42 Å². The molecule has 0 aromatic heterocycles. The molecule has 2 rings (SSSR count). The van der Waals surface area contributed by atoms with Crippen LogP contribution in [-0.4, -0.2) is 12.5 Å². The molecule has 2 aromatic rings. The molecular weight excluding hydrogens is 234 g/mol. The van der Waals surface area contributed by atoms with E-state index >= 15 is 0 Å². The Balaban J connectivity index is 2.22. The SMILES string of the molecule is C#Cc1ccc(-c2ccc(C(=O)NCC)cc2)cc1. The molecule has 0 atom stereocenters. The fourth-order valence-corrected chi connectivity index (χ4v) is 1.84. The summed E-state index contributed by atoms with van der Waals surface area (Å²) in [5.74, 6) is 2.55. The third-order valence-corrected chi connectivity index (χ3v) is 2.87. The fraction of sp³-hybridized carbons (Fsp3) is 0.118. The van der Waals surface area contributed by atoms with E-state index in [2.05, 4.69) is 11.2 Å². The van der Waals surface area contributed by atoms with Crippen LogP contribution in [0.4, 0.5) is 0 Å². The van der Waals surface area contributed by atoms with Crippen molar-refractivity contribution in [3.05, 3.63) is 59.7 Å². The van der Waals surface area contributed by atoms with Crippen LogP contribution in [0.2, 0.25) is 0 Å². The van der Waals surface area contributed by atoms with Crippen molar-refractivity contribution >= 4 is 5.91 Å². The number of benzene rings is 2. The summed E-state index contributed by atoms with van der Waals surface area (Å²) in [6.07, 6.45) is 5.33. The summed E-state index contributed by atoms with van der Waals surface area (Å²) in [6.45, 7) is 2.54. The molecule has 0 spiro atoms. The topological polar surface area (TPSA) is 29.1 Å². The van der Waals surface area contributed by atoms with Crippen molar-refractivity contribution in [2.75, 3.05) is 6.54 Å². The van der Waals surface area contributed by atoms with E-state index in [9.17, 15) is 4.79 Å². The first-order valence-corrected chi connectivity index (χ1v) is 6.20. The molecule has 0 radical (unpaired) electrons. The molecule has 0 saturated carbocycles. The Morgan fingerprint density at radius 2 is 1.58 bits per heavy atom. The third kappa shape index (κ3) is 3.02. The Labute approximate surface area is 113 Å². The fourth-order valence-electron chi connectivity index (χ4n) is 1.84. The molecule has 1 N–H and O–H groups in total. The lowest BCUT2D eigenvalue weighted by Gasteiger charge is -2.05. The standard InChI is InChI=1S/C17H15NO/c1-3-13-5-7-14(8-6-13)15-9-11-16(12-10-15)17(19)18-4-2/h1,5-12H,4H2,2H3,(H,18,19). The smallest absolute Gasteiger partial charge is 0.251 e. The lowest BCUT2D eigenvalue weighted by molar-refractivity contribution is 0.0956. The number of amides is 1. The average Bonchev–Trinajstić information content (AvgIpc) is 2.48. The summed E-state index contributed by atoms with van der Waals surface area (Å²) in [7, 11) is 0. The molecule has 2 nitrogen and oxygen atoms in total. The van der Waals surface area contributed by atoms with E-state index in [0.29, 0.717) is 12.1 Å². The highest BCUT2D eigenvalue weighted by molar-refractivity contribution is 5.94. The second kappa shape index (κ2) is 5.88. The van der Waals surface area contributed by atoms with Gasteiger partial charge in [0.15, 0.2) is 0 Å². The first-order chi connectivity index (χ1) is 9.24. The highest BCUT2D eigenvalue weighted by atomic mass is 16.1. The van der Waals surface area contributed by atoms with E-state index in [-0.39, 0.29) is 5.91 Å². The van der Waals surface area contributed by atoms with Gasteiger partial charge in [0.2, 0.25) is 0 Å². The Morgan fingerprint density at radius 3 is 2.05 bits per heavy atom. The van der Waals surface area contributed by atoms with Crippen molar-refractivity contribution in [2.24, 2.45) is 0 Å². The molecule has 0 saturated heterocycles. The van der Waals surface area contributed by atoms with E-state index in [1.54, 1.807) is 0 Å². The van der Waals surface area contributed by atoms with E-state index in [1.165, 1.54) is 0 Å². The third-order valence-electron chi connectivity index (χ3n) is 2.87. The maximum Gasteiger partial charge on any atom is 0.251 e. The number of rotatable bonds is 3. The quantitative estimate of drug-likeness (QED) is 0.832. The summed E-state index contributed by atoms with van der Waals surface area (Å²) < 4.78 is 0. The summed E-state index contributed by atoms with van der Waals surface area (Å²) in [6, 6.07) is 15.3. The minimum atomic E-state index is -0.0447. The van der Waals surface area contributed by atoms with E-state index in [0.717, 1.165) is 16.7 Å². The molecule has 0 bridgehead atoms. The zero-order valence-corrected chi connectivity index (χ0v) is 10.8. The molecule has 1 amide bonds. The minimum absolute atomic E-state index is 0.0447. The molecule has 0 unspecified atom stereocenters. The summed E-state index contributed by atoms with van der Waals surface area (Å²) in [5.41, 5.74) is 3.69. The van der Waals surface area contributed by atoms with E-state index < -0.39 is 0 Å². The van der Waals surface area contributed by atoms with Gasteiger partial charge in [-0.3, -0.25) is 4.79 Å². The lowest BCUT2D eigenvalue weighted by atomic mass is 10.0. The van der Waals surface area contributed by atoms with Gasteiger partial charge in [0.1, 0.15) is 0 Å². The van der Waals surface area contributed by atoms with Crippen molar-refractivity contribution in [3.8, 4) is 23.5 Å². The Bertz CT molecular complexity index is 603. The number of carbonyl (C=O) groups excluding carboxylic acids is 1. The highest BCUT2D eigenvalue weighted by Gasteiger charge is 2.04. The van der Waals surface area contributed by atoms with Gasteiger partial charge < -0.3 is 5.32 Å². The molecular formula is C17H15NO. The van der Waals surface area contributed by atoms with Gasteiger partial charge >= 0.3 is 0 Å². The van der Waals surface area contributed by atoms with Crippen LogP contribution in [-0.2, 0) is 0 Å². The maximum atomic E-state index is 11.6. The number of terminal acetylenes is 1. The molecule has 94 valence electrons. The van der Waals surface area contributed by atoms with Crippen LogP contribution in [0.25, 0.3) is 11.1 Å². The van der Waals surface area contributed by atoms with Crippen molar-refractivity contribution in [1.29, 1.82) is 0 Å². The van der Waals surface area contributed by atoms with Crippen LogP contribution in [0.15, 0.2) is 48.5 Å². The van der Waals surface area contributed by atoms with Gasteiger partial charge in [0, 0.05) is 17.7 Å². The molecule has 0 aliphatic rings. The van der Waals surface area contributed by atoms with Crippen molar-refractivity contribution < 1.29 is 4.79 Å². The van der Waals surface area contributed by atoms with Gasteiger partial charge in [-0.1, -0.05) is 30.2 Å². The van der Waals surface area contributed by atoms with Gasteiger partial charge in [-0.25, -0.2) is 0 Å². The number of carbonyl (C=O) groups is 1. The average molecular weight is 249 g/mol. The highest BCUT2D eigenvalue weighted by Crippen LogP contribution is 2.20. The van der Waals surface area contributed by atoms with Gasteiger partial charge in [0.25, 0.3) is 5.91 Å². The molecule has 0 heterocycles. The lowest BCUT2D eigenvalue weighted by Crippen LogP contribution is -2.22. The van der Waals surface area contributed by atoms with Crippen LogP contribution in [0, 0.1) is 12.3 Å². The van der Waals surface area contributed by atoms with Gasteiger partial charge in [-0.2, -0.15) is 0 Å². The second-order valence-electron chi connectivity index (χ2n) is 4.16. The van der Waals surface area contributed by atoms with Crippen LogP contribution >= 0.6 is 0 Å². The zero-order chi connectivity index (χ0) is 13.7. The van der Waals surface area contributed by atoms with Gasteiger partial charge in [-0.15, -0.1) is 6.42 Å². The first kappa shape index (κ1) is 12.9. The van der Waals surface area contributed by atoms with Gasteiger partial charge in [0.05, 0.1) is 0 Å². The largest absolute Gasteiger partial charge is 0.352 e. The molecule has 0 fully saturated rings. The zero-order valence-electron chi connectivity index (χ0n) is 10.8. The van der Waals surface area contributed by atoms with E-state index in [1.807, 2.05) is 55.5 Å². The number of hydrogen-bond donors (Lipinski definition) is 1. The normalized spacial score (nSPS) is 9.68. The summed E-state index contributed by atoms with van der Waals surface area (Å²) in [4.78, 5) is 11.6. The van der Waals surface area contributed by atoms with Gasteiger partial charge in [-0.05, 0) is 42.3 Å². The first-order valence-electron chi connectivity index (χ1n) is 6.20. The Hall–Kier alpha value is -2.53. The molecule has 19 heavy (non-hydrogen) atoms. The second-order valence-corrected chi connectivity index (χ2v) is 4.16. The van der Waals surface area contributed by atoms with Crippen molar-refractivity contribution in [1.82, 2.24) is 5.32 Å². The minimum Gasteiger partial charge on any atom is -0.352 e. The summed E-state index contributed by atoms with van der Waals surface area (Å²) >= 11 is 0. The Morgan fingerprint density at radius 1 is 1.05 bits per heavy atom. The number of hydrogen-bond acceptors (Lipinski definition) is 1. The van der Waals surface area contributed by atoms with Crippen LogP contribution in [0.5, 0.6) is 0 Å². The maximum absolute atomic E-state index is 11.6. The molecule has 2 aromatic carbocycles. The van der Waals surface area contributed by atoms with Crippen LogP contribution in [0.1, 0.15) is 22.8 Å². The molecule has 0 aliphatic carbocycles. The molecule has 0 aliphatic heterocycles. The predicted molar refractivity (Wildman–Crippen MR) is 77.8 cm³/mol. The van der Waals surface area contributed by atoms with Crippen molar-refractivity contribution in [3.63, 3.8) is 0 Å². The molecule has 2 heteroatoms.